The molecule has 2 nitrogen and oxygen atoms in total. The summed E-state index contributed by atoms with van der Waals surface area (Å²) >= 11 is 0. The molecule has 0 aromatic rings. The van der Waals surface area contributed by atoms with Gasteiger partial charge >= 0.3 is 0 Å². The average molecular weight is 200 g/mol. The maximum Gasteiger partial charge on any atom is 0.109 e. The second kappa shape index (κ2) is 3.82. The highest BCUT2D eigenvalue weighted by molar-refractivity contribution is 5.02. The van der Waals surface area contributed by atoms with Crippen LogP contribution in [0.1, 0.15) is 40.5 Å². The van der Waals surface area contributed by atoms with E-state index in [2.05, 4.69) is 33.0 Å². The molecule has 0 radical (unpaired) electrons. The third kappa shape index (κ3) is 1.59. The Labute approximate surface area is 88.1 Å². The standard InChI is InChI=1S/C12H25NO/c1-9-6-7-12(4,11(9,2)3)10(14)8-13-5/h9-10,13-14H,6-8H2,1-5H3/p+1/t9-,10+,12-/m0/s1. The summed E-state index contributed by atoms with van der Waals surface area (Å²) < 4.78 is 0. The van der Waals surface area contributed by atoms with Crippen LogP contribution in [0.5, 0.6) is 0 Å². The van der Waals surface area contributed by atoms with E-state index < -0.39 is 0 Å². The summed E-state index contributed by atoms with van der Waals surface area (Å²) in [4.78, 5) is 0. The van der Waals surface area contributed by atoms with E-state index in [1.54, 1.807) is 0 Å². The lowest BCUT2D eigenvalue weighted by molar-refractivity contribution is -0.636. The number of hydrogen-bond acceptors (Lipinski definition) is 1. The molecule has 2 heteroatoms. The van der Waals surface area contributed by atoms with Crippen molar-refractivity contribution in [1.29, 1.82) is 0 Å². The molecule has 3 N–H and O–H groups in total. The summed E-state index contributed by atoms with van der Waals surface area (Å²) in [7, 11) is 2.03. The molecule has 0 heterocycles. The molecular formula is C12H26NO+. The molecule has 0 aliphatic heterocycles. The van der Waals surface area contributed by atoms with Crippen molar-refractivity contribution in [3.8, 4) is 0 Å². The summed E-state index contributed by atoms with van der Waals surface area (Å²) in [5, 5.41) is 12.3. The van der Waals surface area contributed by atoms with E-state index in [-0.39, 0.29) is 16.9 Å². The molecule has 14 heavy (non-hydrogen) atoms. The maximum atomic E-state index is 10.2. The van der Waals surface area contributed by atoms with Crippen molar-refractivity contribution in [3.05, 3.63) is 0 Å². The van der Waals surface area contributed by atoms with Gasteiger partial charge in [0.25, 0.3) is 0 Å². The lowest BCUT2D eigenvalue weighted by Crippen LogP contribution is -2.83. The Kier molecular flexibility index (Phi) is 3.27. The summed E-state index contributed by atoms with van der Waals surface area (Å²) in [5.41, 5.74) is 0.356. The van der Waals surface area contributed by atoms with Crippen molar-refractivity contribution in [2.75, 3.05) is 13.6 Å². The van der Waals surface area contributed by atoms with Gasteiger partial charge in [-0.25, -0.2) is 0 Å². The maximum absolute atomic E-state index is 10.2. The van der Waals surface area contributed by atoms with Crippen LogP contribution in [-0.4, -0.2) is 24.8 Å². The van der Waals surface area contributed by atoms with Gasteiger partial charge in [-0.15, -0.1) is 0 Å². The van der Waals surface area contributed by atoms with Crippen LogP contribution in [-0.2, 0) is 0 Å². The predicted molar refractivity (Wildman–Crippen MR) is 59.0 cm³/mol. The normalized spacial score (nSPS) is 38.6. The van der Waals surface area contributed by atoms with E-state index in [1.807, 2.05) is 7.05 Å². The van der Waals surface area contributed by atoms with E-state index in [0.717, 1.165) is 18.9 Å². The van der Waals surface area contributed by atoms with Crippen LogP contribution in [0.25, 0.3) is 0 Å². The molecule has 3 atom stereocenters. The first-order valence-corrected chi connectivity index (χ1v) is 5.82. The lowest BCUT2D eigenvalue weighted by atomic mass is 9.63. The number of aliphatic hydroxyl groups is 1. The molecule has 0 bridgehead atoms. The lowest BCUT2D eigenvalue weighted by Gasteiger charge is -2.43. The van der Waals surface area contributed by atoms with Gasteiger partial charge in [0.15, 0.2) is 0 Å². The van der Waals surface area contributed by atoms with Crippen molar-refractivity contribution in [3.63, 3.8) is 0 Å². The van der Waals surface area contributed by atoms with Crippen LogP contribution < -0.4 is 5.32 Å². The fourth-order valence-electron chi connectivity index (χ4n) is 2.84. The molecule has 84 valence electrons. The van der Waals surface area contributed by atoms with Crippen LogP contribution in [0.15, 0.2) is 0 Å². The van der Waals surface area contributed by atoms with Gasteiger partial charge in [-0.05, 0) is 24.2 Å². The Morgan fingerprint density at radius 1 is 1.43 bits per heavy atom. The first-order valence-electron chi connectivity index (χ1n) is 5.82. The minimum absolute atomic E-state index is 0.0962. The van der Waals surface area contributed by atoms with Crippen LogP contribution in [0.2, 0.25) is 0 Å². The van der Waals surface area contributed by atoms with E-state index in [1.165, 1.54) is 6.42 Å². The summed E-state index contributed by atoms with van der Waals surface area (Å²) in [6.45, 7) is 10.0. The number of likely N-dealkylation sites (N-methyl/N-ethyl adjacent to an activating group) is 1. The molecule has 1 saturated carbocycles. The zero-order chi connectivity index (χ0) is 11.0. The summed E-state index contributed by atoms with van der Waals surface area (Å²) in [6.07, 6.45) is 2.24. The molecule has 0 amide bonds. The number of rotatable bonds is 3. The monoisotopic (exact) mass is 200 g/mol. The molecule has 0 aromatic carbocycles. The topological polar surface area (TPSA) is 36.8 Å². The molecule has 0 spiro atoms. The zero-order valence-corrected chi connectivity index (χ0v) is 10.3. The molecule has 0 saturated heterocycles. The van der Waals surface area contributed by atoms with Crippen molar-refractivity contribution in [2.45, 2.75) is 46.6 Å². The smallest absolute Gasteiger partial charge is 0.109 e. The number of aliphatic hydroxyl groups excluding tert-OH is 1. The van der Waals surface area contributed by atoms with Crippen molar-refractivity contribution >= 4 is 0 Å². The van der Waals surface area contributed by atoms with Crippen LogP contribution in [0, 0.1) is 16.7 Å². The van der Waals surface area contributed by atoms with Crippen LogP contribution in [0.3, 0.4) is 0 Å². The molecule has 0 unspecified atom stereocenters. The number of nitrogens with two attached hydrogens (primary N) is 1. The first-order chi connectivity index (χ1) is 6.36. The second-order valence-electron chi connectivity index (χ2n) is 5.74. The average Bonchev–Trinajstić information content (AvgIpc) is 2.31. The highest BCUT2D eigenvalue weighted by atomic mass is 16.3. The van der Waals surface area contributed by atoms with Gasteiger partial charge in [0, 0.05) is 5.41 Å². The van der Waals surface area contributed by atoms with Gasteiger partial charge in [-0.2, -0.15) is 0 Å². The van der Waals surface area contributed by atoms with Crippen LogP contribution in [0.4, 0.5) is 0 Å². The Morgan fingerprint density at radius 3 is 2.36 bits per heavy atom. The van der Waals surface area contributed by atoms with Gasteiger partial charge < -0.3 is 10.4 Å². The highest BCUT2D eigenvalue weighted by Gasteiger charge is 2.53. The van der Waals surface area contributed by atoms with Gasteiger partial charge in [0.05, 0.1) is 7.05 Å². The Bertz CT molecular complexity index is 202. The fourth-order valence-corrected chi connectivity index (χ4v) is 2.84. The van der Waals surface area contributed by atoms with Crippen molar-refractivity contribution in [1.82, 2.24) is 0 Å². The molecule has 1 aliphatic carbocycles. The fraction of sp³-hybridized carbons (Fsp3) is 1.00. The largest absolute Gasteiger partial charge is 0.387 e. The van der Waals surface area contributed by atoms with Gasteiger partial charge in [-0.1, -0.05) is 27.7 Å². The third-order valence-electron chi connectivity index (χ3n) is 5.00. The van der Waals surface area contributed by atoms with Gasteiger partial charge in [-0.3, -0.25) is 0 Å². The highest BCUT2D eigenvalue weighted by Crippen LogP contribution is 2.57. The Morgan fingerprint density at radius 2 is 2.00 bits per heavy atom. The molecular weight excluding hydrogens is 174 g/mol. The number of quaternary nitrogens is 1. The third-order valence-corrected chi connectivity index (χ3v) is 5.00. The number of hydrogen-bond donors (Lipinski definition) is 2. The molecule has 1 aliphatic rings. The quantitative estimate of drug-likeness (QED) is 0.701. The minimum atomic E-state index is -0.174. The minimum Gasteiger partial charge on any atom is -0.387 e. The zero-order valence-electron chi connectivity index (χ0n) is 10.3. The Balaban J connectivity index is 2.83. The van der Waals surface area contributed by atoms with Crippen molar-refractivity contribution < 1.29 is 10.4 Å². The SMILES string of the molecule is C[NH2+]C[C@@H](O)[C@]1(C)CC[C@H](C)C1(C)C. The second-order valence-corrected chi connectivity index (χ2v) is 5.74. The summed E-state index contributed by atoms with van der Waals surface area (Å²) in [5.74, 6) is 0.721. The predicted octanol–water partition coefficient (Wildman–Crippen LogP) is 1.00. The molecule has 1 rings (SSSR count). The summed E-state index contributed by atoms with van der Waals surface area (Å²) in [6, 6.07) is 0. The van der Waals surface area contributed by atoms with Crippen LogP contribution >= 0.6 is 0 Å². The molecule has 1 fully saturated rings. The van der Waals surface area contributed by atoms with Crippen molar-refractivity contribution in [2.24, 2.45) is 16.7 Å². The van der Waals surface area contributed by atoms with E-state index in [4.69, 9.17) is 0 Å². The first kappa shape index (κ1) is 12.0. The van der Waals surface area contributed by atoms with E-state index in [9.17, 15) is 5.11 Å². The van der Waals surface area contributed by atoms with E-state index >= 15 is 0 Å². The molecule has 0 aromatic heterocycles. The van der Waals surface area contributed by atoms with Gasteiger partial charge in [0.2, 0.25) is 0 Å². The van der Waals surface area contributed by atoms with Gasteiger partial charge in [0.1, 0.15) is 12.6 Å². The van der Waals surface area contributed by atoms with E-state index in [0.29, 0.717) is 0 Å². The Hall–Kier alpha value is -0.0800.